The van der Waals surface area contributed by atoms with Crippen LogP contribution in [0.4, 0.5) is 0 Å². The van der Waals surface area contributed by atoms with Crippen LogP contribution < -0.4 is 18.9 Å². The summed E-state index contributed by atoms with van der Waals surface area (Å²) in [5.41, 5.74) is -2.74. The summed E-state index contributed by atoms with van der Waals surface area (Å²) in [5.74, 6) is -4.73. The Morgan fingerprint density at radius 2 is 1.62 bits per heavy atom. The number of amides is 1. The Balaban J connectivity index is -0.000000342. The van der Waals surface area contributed by atoms with Crippen LogP contribution in [-0.4, -0.2) is 68.3 Å². The maximum Gasteiger partial charge on any atom is 1.00 e. The molecule has 1 aliphatic rings. The van der Waals surface area contributed by atoms with Gasteiger partial charge in [0.25, 0.3) is 0 Å². The summed E-state index contributed by atoms with van der Waals surface area (Å²) in [4.78, 5) is 42.7. The smallest absolute Gasteiger partial charge is 1.00 e. The van der Waals surface area contributed by atoms with Crippen LogP contribution in [0.3, 0.4) is 0 Å². The molecule has 1 amide bonds. The molecule has 0 saturated carbocycles. The molecule has 1 saturated heterocycles. The number of carbonyl (C=O) groups excluding carboxylic acids is 1. The molecule has 4 N–H and O–H groups in total. The first-order chi connectivity index (χ1) is 9.08. The maximum atomic E-state index is 10.5. The summed E-state index contributed by atoms with van der Waals surface area (Å²) in [7, 11) is 1.84. The minimum absolute atomic E-state index is 0. The Morgan fingerprint density at radius 3 is 1.76 bits per heavy atom. The number of carboxylic acids is 3. The molecule has 0 aliphatic carbocycles. The van der Waals surface area contributed by atoms with Gasteiger partial charge in [0.2, 0.25) is 5.91 Å². The molecule has 0 aromatic heterocycles. The third kappa shape index (κ3) is 8.34. The van der Waals surface area contributed by atoms with Gasteiger partial charge in [0.1, 0.15) is 0 Å². The fourth-order valence-corrected chi connectivity index (χ4v) is 1.50. The molecule has 1 heterocycles. The zero-order valence-corrected chi connectivity index (χ0v) is 11.9. The van der Waals surface area contributed by atoms with E-state index in [0.29, 0.717) is 5.91 Å². The molecule has 0 radical (unpaired) electrons. The number of likely N-dealkylation sites (tertiary alicyclic amines) is 1. The number of carbonyl (C=O) groups is 4. The normalized spacial score (nSPS) is 13.8. The molecular formula is C11H18LiNO8. The Hall–Kier alpha value is -1.56. The topological polar surface area (TPSA) is 152 Å². The second-order valence-corrected chi connectivity index (χ2v) is 4.40. The molecular weight excluding hydrogens is 281 g/mol. The zero-order valence-electron chi connectivity index (χ0n) is 12.9. The first-order valence-electron chi connectivity index (χ1n) is 5.72. The van der Waals surface area contributed by atoms with Crippen LogP contribution in [0.25, 0.3) is 0 Å². The van der Waals surface area contributed by atoms with Crippen molar-refractivity contribution in [2.24, 2.45) is 0 Å². The van der Waals surface area contributed by atoms with Gasteiger partial charge in [-0.2, -0.15) is 0 Å². The van der Waals surface area contributed by atoms with E-state index in [4.69, 9.17) is 20.4 Å². The van der Waals surface area contributed by atoms with Gasteiger partial charge in [0.15, 0.2) is 5.60 Å². The summed E-state index contributed by atoms with van der Waals surface area (Å²) in [6.45, 7) is 0.957. The molecule has 9 nitrogen and oxygen atoms in total. The number of aliphatic hydroxyl groups is 1. The Bertz CT molecular complexity index is 401. The van der Waals surface area contributed by atoms with Gasteiger partial charge in [0.05, 0.1) is 12.8 Å². The van der Waals surface area contributed by atoms with Gasteiger partial charge >= 0.3 is 36.8 Å². The summed E-state index contributed by atoms with van der Waals surface area (Å²) in [5, 5.41) is 33.8. The first-order valence-corrected chi connectivity index (χ1v) is 5.72. The summed E-state index contributed by atoms with van der Waals surface area (Å²) >= 11 is 0. The molecule has 0 unspecified atom stereocenters. The van der Waals surface area contributed by atoms with Gasteiger partial charge in [-0.1, -0.05) is 0 Å². The van der Waals surface area contributed by atoms with Gasteiger partial charge in [-0.05, 0) is 6.42 Å². The van der Waals surface area contributed by atoms with Crippen LogP contribution in [0.2, 0.25) is 0 Å². The van der Waals surface area contributed by atoms with Crippen LogP contribution in [0.1, 0.15) is 27.1 Å². The van der Waals surface area contributed by atoms with Crippen molar-refractivity contribution < 1.29 is 59.9 Å². The summed E-state index contributed by atoms with van der Waals surface area (Å²) in [6.07, 6.45) is -0.477. The number of rotatable bonds is 5. The van der Waals surface area contributed by atoms with E-state index < -0.39 is 36.4 Å². The fourth-order valence-electron chi connectivity index (χ4n) is 1.50. The van der Waals surface area contributed by atoms with Crippen LogP contribution >= 0.6 is 0 Å². The van der Waals surface area contributed by atoms with Gasteiger partial charge in [0, 0.05) is 20.0 Å². The average Bonchev–Trinajstić information content (AvgIpc) is 2.61. The van der Waals surface area contributed by atoms with Crippen molar-refractivity contribution in [3.8, 4) is 0 Å². The molecule has 10 heteroatoms. The Labute approximate surface area is 134 Å². The van der Waals surface area contributed by atoms with Crippen LogP contribution in [0.5, 0.6) is 0 Å². The second kappa shape index (κ2) is 9.39. The van der Waals surface area contributed by atoms with Crippen LogP contribution in [0, 0.1) is 0 Å². The number of hydrogen-bond acceptors (Lipinski definition) is 5. The molecule has 116 valence electrons. The Morgan fingerprint density at radius 1 is 1.19 bits per heavy atom. The van der Waals surface area contributed by atoms with Crippen molar-refractivity contribution in [3.05, 3.63) is 0 Å². The van der Waals surface area contributed by atoms with E-state index in [1.54, 1.807) is 4.90 Å². The van der Waals surface area contributed by atoms with Crippen molar-refractivity contribution in [3.63, 3.8) is 0 Å². The third-order valence-corrected chi connectivity index (χ3v) is 2.60. The molecule has 0 aromatic carbocycles. The average molecular weight is 299 g/mol. The van der Waals surface area contributed by atoms with E-state index in [1.165, 1.54) is 0 Å². The molecule has 21 heavy (non-hydrogen) atoms. The van der Waals surface area contributed by atoms with Crippen molar-refractivity contribution in [1.82, 2.24) is 4.90 Å². The minimum Gasteiger partial charge on any atom is -1.00 e. The standard InChI is InChI=1S/C6H8O7.C5H9NO.Li.H/c7-3(8)1-6(13,5(11)12)2-4(9)10;1-6-4-2-3-5(6)7;;/h13H,1-2H2,(H,7,8)(H,9,10)(H,11,12);2-4H2,1H3;;/q;;+1;-1. The maximum absolute atomic E-state index is 10.5. The summed E-state index contributed by atoms with van der Waals surface area (Å²) < 4.78 is 0. The van der Waals surface area contributed by atoms with Crippen LogP contribution in [-0.2, 0) is 19.2 Å². The van der Waals surface area contributed by atoms with E-state index in [0.717, 1.165) is 19.4 Å². The first kappa shape index (κ1) is 21.7. The van der Waals surface area contributed by atoms with E-state index in [9.17, 15) is 19.2 Å². The van der Waals surface area contributed by atoms with E-state index in [1.807, 2.05) is 7.05 Å². The van der Waals surface area contributed by atoms with E-state index in [2.05, 4.69) is 0 Å². The minimum atomic E-state index is -2.74. The van der Waals surface area contributed by atoms with Crippen LogP contribution in [0.15, 0.2) is 0 Å². The summed E-state index contributed by atoms with van der Waals surface area (Å²) in [6, 6.07) is 0. The SMILES string of the molecule is CN1CCCC1=O.O=C(O)CC(O)(CC(=O)O)C(=O)O.[H-].[Li+]. The van der Waals surface area contributed by atoms with Crippen molar-refractivity contribution in [2.45, 2.75) is 31.3 Å². The predicted octanol–water partition coefficient (Wildman–Crippen LogP) is -3.89. The Kier molecular flexibility index (Phi) is 9.71. The fraction of sp³-hybridized carbons (Fsp3) is 0.636. The van der Waals surface area contributed by atoms with E-state index >= 15 is 0 Å². The van der Waals surface area contributed by atoms with Gasteiger partial charge in [-0.3, -0.25) is 14.4 Å². The van der Waals surface area contributed by atoms with E-state index in [-0.39, 0.29) is 20.3 Å². The van der Waals surface area contributed by atoms with Gasteiger partial charge in [-0.15, -0.1) is 0 Å². The molecule has 0 atom stereocenters. The number of aliphatic carboxylic acids is 3. The second-order valence-electron chi connectivity index (χ2n) is 4.40. The monoisotopic (exact) mass is 299 g/mol. The van der Waals surface area contributed by atoms with Crippen molar-refractivity contribution >= 4 is 23.8 Å². The molecule has 0 spiro atoms. The number of hydrogen-bond donors (Lipinski definition) is 4. The number of carboxylic acid groups (broad SMARTS) is 3. The molecule has 1 aliphatic heterocycles. The van der Waals surface area contributed by atoms with Gasteiger partial charge < -0.3 is 26.8 Å². The largest absolute Gasteiger partial charge is 1.00 e. The molecule has 0 bridgehead atoms. The van der Waals surface area contributed by atoms with Crippen molar-refractivity contribution in [1.29, 1.82) is 0 Å². The molecule has 0 aromatic rings. The zero-order chi connectivity index (χ0) is 15.9. The van der Waals surface area contributed by atoms with Crippen molar-refractivity contribution in [2.75, 3.05) is 13.6 Å². The molecule has 1 fully saturated rings. The molecule has 1 rings (SSSR count). The quantitative estimate of drug-likeness (QED) is 0.376. The third-order valence-electron chi connectivity index (χ3n) is 2.60. The van der Waals surface area contributed by atoms with Gasteiger partial charge in [-0.25, -0.2) is 4.79 Å². The number of nitrogens with zero attached hydrogens (tertiary/aromatic N) is 1. The predicted molar refractivity (Wildman–Crippen MR) is 65.1 cm³/mol.